The summed E-state index contributed by atoms with van der Waals surface area (Å²) in [7, 11) is 1.77. The molecule has 0 saturated carbocycles. The molecule has 1 atom stereocenters. The van der Waals surface area contributed by atoms with E-state index in [0.717, 1.165) is 26.1 Å². The van der Waals surface area contributed by atoms with Crippen LogP contribution < -0.4 is 10.5 Å². The van der Waals surface area contributed by atoms with Gasteiger partial charge in [0.1, 0.15) is 18.2 Å². The van der Waals surface area contributed by atoms with Gasteiger partial charge >= 0.3 is 0 Å². The van der Waals surface area contributed by atoms with E-state index >= 15 is 0 Å². The van der Waals surface area contributed by atoms with Gasteiger partial charge in [-0.05, 0) is 43.0 Å². The lowest BCUT2D eigenvalue weighted by molar-refractivity contribution is 0.0768. The molecule has 6 heteroatoms. The van der Waals surface area contributed by atoms with Crippen LogP contribution in [0.4, 0.5) is 4.39 Å². The summed E-state index contributed by atoms with van der Waals surface area (Å²) in [5, 5.41) is 0. The molecule has 25 heavy (non-hydrogen) atoms. The van der Waals surface area contributed by atoms with Crippen LogP contribution in [0.5, 0.6) is 5.75 Å². The summed E-state index contributed by atoms with van der Waals surface area (Å²) in [5.41, 5.74) is 5.71. The highest BCUT2D eigenvalue weighted by Crippen LogP contribution is 2.23. The first-order valence-electron chi connectivity index (χ1n) is 9.01. The summed E-state index contributed by atoms with van der Waals surface area (Å²) in [4.78, 5) is 16.9. The van der Waals surface area contributed by atoms with Crippen LogP contribution in [0, 0.1) is 17.7 Å². The first-order chi connectivity index (χ1) is 11.9. The predicted octanol–water partition coefficient (Wildman–Crippen LogP) is 2.21. The van der Waals surface area contributed by atoms with Crippen molar-refractivity contribution in [2.24, 2.45) is 17.6 Å². The molecule has 1 aliphatic heterocycles. The van der Waals surface area contributed by atoms with Crippen molar-refractivity contribution in [3.63, 3.8) is 0 Å². The van der Waals surface area contributed by atoms with Crippen LogP contribution in [0.3, 0.4) is 0 Å². The normalized spacial score (nSPS) is 17.9. The van der Waals surface area contributed by atoms with Crippen LogP contribution >= 0.6 is 0 Å². The van der Waals surface area contributed by atoms with Gasteiger partial charge in [0.05, 0.1) is 5.56 Å². The van der Waals surface area contributed by atoms with E-state index in [1.165, 1.54) is 18.2 Å². The fourth-order valence-electron chi connectivity index (χ4n) is 3.38. The van der Waals surface area contributed by atoms with Gasteiger partial charge in [-0.15, -0.1) is 0 Å². The third-order valence-electron chi connectivity index (χ3n) is 4.42. The zero-order valence-corrected chi connectivity index (χ0v) is 15.5. The van der Waals surface area contributed by atoms with Crippen LogP contribution in [0.25, 0.3) is 0 Å². The van der Waals surface area contributed by atoms with Gasteiger partial charge in [0.15, 0.2) is 0 Å². The highest BCUT2D eigenvalue weighted by Gasteiger charge is 2.26. The molecule has 1 aliphatic rings. The van der Waals surface area contributed by atoms with Crippen LogP contribution in [0.15, 0.2) is 18.2 Å². The van der Waals surface area contributed by atoms with Crippen molar-refractivity contribution < 1.29 is 13.9 Å². The third-order valence-corrected chi connectivity index (χ3v) is 4.42. The Kier molecular flexibility index (Phi) is 7.20. The van der Waals surface area contributed by atoms with Gasteiger partial charge < -0.3 is 20.3 Å². The molecule has 1 aromatic carbocycles. The molecule has 0 unspecified atom stereocenters. The molecule has 0 radical (unpaired) electrons. The summed E-state index contributed by atoms with van der Waals surface area (Å²) in [6.45, 7) is 8.92. The molecule has 0 aromatic heterocycles. The Bertz CT molecular complexity index is 580. The SMILES string of the molecule is CC(C)CN1CC[C@@H](CN(C)C(=O)c2cc(F)ccc2OCCN)C1. The zero-order valence-electron chi connectivity index (χ0n) is 15.5. The number of benzene rings is 1. The highest BCUT2D eigenvalue weighted by atomic mass is 19.1. The number of hydrogen-bond acceptors (Lipinski definition) is 4. The van der Waals surface area contributed by atoms with Crippen LogP contribution in [-0.4, -0.2) is 62.1 Å². The Balaban J connectivity index is 1.99. The fraction of sp³-hybridized carbons (Fsp3) is 0.632. The molecule has 1 saturated heterocycles. The van der Waals surface area contributed by atoms with Crippen molar-refractivity contribution in [3.8, 4) is 5.75 Å². The van der Waals surface area contributed by atoms with Gasteiger partial charge in [-0.25, -0.2) is 4.39 Å². The molecular weight excluding hydrogens is 321 g/mol. The van der Waals surface area contributed by atoms with Gasteiger partial charge in [0, 0.05) is 33.2 Å². The van der Waals surface area contributed by atoms with Gasteiger partial charge in [-0.1, -0.05) is 13.8 Å². The van der Waals surface area contributed by atoms with E-state index in [1.807, 2.05) is 0 Å². The van der Waals surface area contributed by atoms with E-state index in [1.54, 1.807) is 11.9 Å². The van der Waals surface area contributed by atoms with Crippen LogP contribution in [0.2, 0.25) is 0 Å². The smallest absolute Gasteiger partial charge is 0.257 e. The highest BCUT2D eigenvalue weighted by molar-refractivity contribution is 5.96. The van der Waals surface area contributed by atoms with Gasteiger partial charge in [0.2, 0.25) is 0 Å². The van der Waals surface area contributed by atoms with Crippen molar-refractivity contribution in [1.82, 2.24) is 9.80 Å². The standard InChI is InChI=1S/C19H30FN3O2/c1-14(2)11-23-8-6-15(13-23)12-22(3)19(24)17-10-16(20)4-5-18(17)25-9-7-21/h4-5,10,14-15H,6-9,11-13,21H2,1-3H3/t15-/m0/s1. The number of rotatable bonds is 8. The van der Waals surface area contributed by atoms with Crippen LogP contribution in [0.1, 0.15) is 30.6 Å². The molecule has 5 nitrogen and oxygen atoms in total. The Hall–Kier alpha value is -1.66. The number of amides is 1. The number of hydrogen-bond donors (Lipinski definition) is 1. The van der Waals surface area contributed by atoms with Crippen molar-refractivity contribution in [1.29, 1.82) is 0 Å². The quantitative estimate of drug-likeness (QED) is 0.780. The summed E-state index contributed by atoms with van der Waals surface area (Å²) < 4.78 is 19.1. The minimum absolute atomic E-state index is 0.214. The van der Waals surface area contributed by atoms with Crippen molar-refractivity contribution in [3.05, 3.63) is 29.6 Å². The molecule has 2 N–H and O–H groups in total. The lowest BCUT2D eigenvalue weighted by atomic mass is 10.1. The Labute approximate surface area is 149 Å². The average Bonchev–Trinajstić information content (AvgIpc) is 2.99. The van der Waals surface area contributed by atoms with Gasteiger partial charge in [-0.2, -0.15) is 0 Å². The number of likely N-dealkylation sites (tertiary alicyclic amines) is 1. The third kappa shape index (κ3) is 5.68. The second-order valence-electron chi connectivity index (χ2n) is 7.27. The average molecular weight is 351 g/mol. The topological polar surface area (TPSA) is 58.8 Å². The molecule has 0 spiro atoms. The fourth-order valence-corrected chi connectivity index (χ4v) is 3.38. The van der Waals surface area contributed by atoms with Crippen molar-refractivity contribution >= 4 is 5.91 Å². The molecule has 0 aliphatic carbocycles. The summed E-state index contributed by atoms with van der Waals surface area (Å²) in [6.07, 6.45) is 1.09. The second kappa shape index (κ2) is 9.15. The number of nitrogens with two attached hydrogens (primary N) is 1. The van der Waals surface area contributed by atoms with E-state index in [2.05, 4.69) is 18.7 Å². The predicted molar refractivity (Wildman–Crippen MR) is 97.3 cm³/mol. The van der Waals surface area contributed by atoms with Crippen molar-refractivity contribution in [2.75, 3.05) is 46.4 Å². The maximum atomic E-state index is 13.6. The minimum atomic E-state index is -0.444. The van der Waals surface area contributed by atoms with Crippen LogP contribution in [-0.2, 0) is 0 Å². The summed E-state index contributed by atoms with van der Waals surface area (Å²) >= 11 is 0. The van der Waals surface area contributed by atoms with Crippen molar-refractivity contribution in [2.45, 2.75) is 20.3 Å². The van der Waals surface area contributed by atoms with E-state index in [9.17, 15) is 9.18 Å². The molecule has 0 bridgehead atoms. The largest absolute Gasteiger partial charge is 0.491 e. The second-order valence-corrected chi connectivity index (χ2v) is 7.27. The molecule has 1 heterocycles. The van der Waals surface area contributed by atoms with Gasteiger partial charge in [0.25, 0.3) is 5.91 Å². The number of nitrogens with zero attached hydrogens (tertiary/aromatic N) is 2. The zero-order chi connectivity index (χ0) is 18.4. The lowest BCUT2D eigenvalue weighted by Crippen LogP contribution is -2.34. The number of halogens is 1. The Morgan fingerprint density at radius 2 is 2.24 bits per heavy atom. The summed E-state index contributed by atoms with van der Waals surface area (Å²) in [6, 6.07) is 4.03. The number of carbonyl (C=O) groups excluding carboxylic acids is 1. The molecule has 140 valence electrons. The van der Waals surface area contributed by atoms with Gasteiger partial charge in [-0.3, -0.25) is 4.79 Å². The molecular formula is C19H30FN3O2. The molecule has 1 aromatic rings. The first kappa shape index (κ1) is 19.7. The minimum Gasteiger partial charge on any atom is -0.491 e. The monoisotopic (exact) mass is 351 g/mol. The molecule has 1 amide bonds. The van der Waals surface area contributed by atoms with E-state index in [0.29, 0.717) is 37.3 Å². The first-order valence-corrected chi connectivity index (χ1v) is 9.01. The van der Waals surface area contributed by atoms with E-state index in [4.69, 9.17) is 10.5 Å². The van der Waals surface area contributed by atoms with E-state index in [-0.39, 0.29) is 11.5 Å². The number of carbonyl (C=O) groups is 1. The maximum absolute atomic E-state index is 13.6. The Morgan fingerprint density at radius 1 is 1.48 bits per heavy atom. The maximum Gasteiger partial charge on any atom is 0.257 e. The molecule has 1 fully saturated rings. The summed E-state index contributed by atoms with van der Waals surface area (Å²) in [5.74, 6) is 0.827. The Morgan fingerprint density at radius 3 is 2.92 bits per heavy atom. The molecule has 2 rings (SSSR count). The number of ether oxygens (including phenoxy) is 1. The lowest BCUT2D eigenvalue weighted by Gasteiger charge is -2.23. The van der Waals surface area contributed by atoms with E-state index < -0.39 is 5.82 Å².